The summed E-state index contributed by atoms with van der Waals surface area (Å²) in [6, 6.07) is 9.05. The molecule has 1 aliphatic heterocycles. The second-order valence-electron chi connectivity index (χ2n) is 6.66. The van der Waals surface area contributed by atoms with E-state index < -0.39 is 0 Å². The van der Waals surface area contributed by atoms with E-state index in [9.17, 15) is 9.59 Å². The van der Waals surface area contributed by atoms with Crippen LogP contribution in [0.5, 0.6) is 5.75 Å². The molecular weight excluding hydrogens is 330 g/mol. The Bertz CT molecular complexity index is 816. The number of benzene rings is 1. The molecule has 0 atom stereocenters. The third-order valence-electron chi connectivity index (χ3n) is 5.20. The highest BCUT2D eigenvalue weighted by Gasteiger charge is 2.27. The average molecular weight is 355 g/mol. The standard InChI is InChI=1S/C20H25N3O3/c1-14-13-18(15(2)21(14)3)20(25)23-11-9-22(10-12-23)19(24)16-5-7-17(26-4)8-6-16/h5-8,13H,9-12H2,1-4H3. The van der Waals surface area contributed by atoms with Gasteiger partial charge in [0.15, 0.2) is 0 Å². The summed E-state index contributed by atoms with van der Waals surface area (Å²) in [6.45, 7) is 6.14. The number of aryl methyl sites for hydroxylation is 1. The number of ether oxygens (including phenoxy) is 1. The first kappa shape index (κ1) is 18.0. The zero-order valence-electron chi connectivity index (χ0n) is 15.8. The Morgan fingerprint density at radius 1 is 0.923 bits per heavy atom. The van der Waals surface area contributed by atoms with Crippen molar-refractivity contribution in [2.75, 3.05) is 33.3 Å². The minimum absolute atomic E-state index is 0.00788. The minimum atomic E-state index is -0.00788. The third-order valence-corrected chi connectivity index (χ3v) is 5.20. The van der Waals surface area contributed by atoms with E-state index in [0.717, 1.165) is 22.7 Å². The maximum atomic E-state index is 12.8. The van der Waals surface area contributed by atoms with E-state index >= 15 is 0 Å². The summed E-state index contributed by atoms with van der Waals surface area (Å²) < 4.78 is 7.15. The lowest BCUT2D eigenvalue weighted by Gasteiger charge is -2.34. The van der Waals surface area contributed by atoms with Crippen molar-refractivity contribution in [3.63, 3.8) is 0 Å². The molecule has 0 aliphatic carbocycles. The predicted molar refractivity (Wildman–Crippen MR) is 99.7 cm³/mol. The maximum absolute atomic E-state index is 12.8. The zero-order valence-corrected chi connectivity index (χ0v) is 15.8. The van der Waals surface area contributed by atoms with Gasteiger partial charge in [-0.25, -0.2) is 0 Å². The number of aromatic nitrogens is 1. The van der Waals surface area contributed by atoms with Crippen LogP contribution in [0.2, 0.25) is 0 Å². The molecule has 3 rings (SSSR count). The SMILES string of the molecule is COc1ccc(C(=O)N2CCN(C(=O)c3cc(C)n(C)c3C)CC2)cc1. The lowest BCUT2D eigenvalue weighted by Crippen LogP contribution is -2.50. The minimum Gasteiger partial charge on any atom is -0.497 e. The van der Waals surface area contributed by atoms with Crippen LogP contribution in [0, 0.1) is 13.8 Å². The summed E-state index contributed by atoms with van der Waals surface area (Å²) >= 11 is 0. The molecule has 138 valence electrons. The van der Waals surface area contributed by atoms with Gasteiger partial charge in [-0.15, -0.1) is 0 Å². The molecule has 2 heterocycles. The molecule has 2 amide bonds. The molecule has 1 aromatic carbocycles. The summed E-state index contributed by atoms with van der Waals surface area (Å²) in [5.74, 6) is 0.764. The molecule has 0 bridgehead atoms. The Balaban J connectivity index is 1.63. The van der Waals surface area contributed by atoms with Crippen LogP contribution < -0.4 is 4.74 Å². The van der Waals surface area contributed by atoms with Gasteiger partial charge in [-0.3, -0.25) is 9.59 Å². The molecule has 6 nitrogen and oxygen atoms in total. The molecule has 26 heavy (non-hydrogen) atoms. The number of amides is 2. The summed E-state index contributed by atoms with van der Waals surface area (Å²) in [5.41, 5.74) is 3.43. The van der Waals surface area contributed by atoms with Gasteiger partial charge in [0.1, 0.15) is 5.75 Å². The van der Waals surface area contributed by atoms with Crippen molar-refractivity contribution < 1.29 is 14.3 Å². The first-order valence-corrected chi connectivity index (χ1v) is 8.78. The number of methoxy groups -OCH3 is 1. The molecule has 6 heteroatoms. The number of carbonyl (C=O) groups is 2. The molecule has 1 aromatic heterocycles. The van der Waals surface area contributed by atoms with Gasteiger partial charge in [-0.2, -0.15) is 0 Å². The van der Waals surface area contributed by atoms with Crippen LogP contribution in [0.3, 0.4) is 0 Å². The molecule has 2 aromatic rings. The second kappa shape index (κ2) is 7.23. The van der Waals surface area contributed by atoms with Crippen LogP contribution in [0.1, 0.15) is 32.1 Å². The van der Waals surface area contributed by atoms with Gasteiger partial charge in [0.05, 0.1) is 12.7 Å². The average Bonchev–Trinajstić information content (AvgIpc) is 2.94. The van der Waals surface area contributed by atoms with Crippen LogP contribution in [0.4, 0.5) is 0 Å². The molecule has 1 fully saturated rings. The topological polar surface area (TPSA) is 54.8 Å². The second-order valence-corrected chi connectivity index (χ2v) is 6.66. The Morgan fingerprint density at radius 3 is 1.92 bits per heavy atom. The van der Waals surface area contributed by atoms with E-state index in [-0.39, 0.29) is 11.8 Å². The summed E-state index contributed by atoms with van der Waals surface area (Å²) in [5, 5.41) is 0. The van der Waals surface area contributed by atoms with Crippen LogP contribution >= 0.6 is 0 Å². The Hall–Kier alpha value is -2.76. The van der Waals surface area contributed by atoms with Gasteiger partial charge in [-0.1, -0.05) is 0 Å². The zero-order chi connectivity index (χ0) is 18.8. The molecule has 0 saturated carbocycles. The molecule has 0 unspecified atom stereocenters. The van der Waals surface area contributed by atoms with Crippen molar-refractivity contribution >= 4 is 11.8 Å². The van der Waals surface area contributed by atoms with Gasteiger partial charge in [-0.05, 0) is 44.2 Å². The molecule has 0 spiro atoms. The smallest absolute Gasteiger partial charge is 0.255 e. The number of carbonyl (C=O) groups excluding carboxylic acids is 2. The van der Waals surface area contributed by atoms with E-state index in [1.165, 1.54) is 0 Å². The lowest BCUT2D eigenvalue weighted by atomic mass is 10.1. The van der Waals surface area contributed by atoms with E-state index in [1.54, 1.807) is 36.3 Å². The van der Waals surface area contributed by atoms with E-state index in [2.05, 4.69) is 0 Å². The van der Waals surface area contributed by atoms with Crippen molar-refractivity contribution in [3.05, 3.63) is 52.8 Å². The highest BCUT2D eigenvalue weighted by atomic mass is 16.5. The number of hydrogen-bond acceptors (Lipinski definition) is 3. The summed E-state index contributed by atoms with van der Waals surface area (Å²) in [7, 11) is 3.57. The Morgan fingerprint density at radius 2 is 1.46 bits per heavy atom. The number of nitrogens with zero attached hydrogens (tertiary/aromatic N) is 3. The van der Waals surface area contributed by atoms with Gasteiger partial charge in [0.2, 0.25) is 0 Å². The molecule has 0 N–H and O–H groups in total. The lowest BCUT2D eigenvalue weighted by molar-refractivity contribution is 0.0535. The first-order valence-electron chi connectivity index (χ1n) is 8.78. The maximum Gasteiger partial charge on any atom is 0.255 e. The largest absolute Gasteiger partial charge is 0.497 e. The van der Waals surface area contributed by atoms with Crippen LogP contribution in [0.25, 0.3) is 0 Å². The van der Waals surface area contributed by atoms with Gasteiger partial charge in [0, 0.05) is 50.2 Å². The van der Waals surface area contributed by atoms with Crippen molar-refractivity contribution in [1.29, 1.82) is 0 Å². The number of rotatable bonds is 3. The van der Waals surface area contributed by atoms with Crippen LogP contribution in [-0.4, -0.2) is 59.5 Å². The van der Waals surface area contributed by atoms with E-state index in [4.69, 9.17) is 4.74 Å². The van der Waals surface area contributed by atoms with Crippen molar-refractivity contribution in [3.8, 4) is 5.75 Å². The highest BCUT2D eigenvalue weighted by molar-refractivity contribution is 5.97. The van der Waals surface area contributed by atoms with Crippen molar-refractivity contribution in [1.82, 2.24) is 14.4 Å². The monoisotopic (exact) mass is 355 g/mol. The predicted octanol–water partition coefficient (Wildman–Crippen LogP) is 2.25. The molecule has 1 aliphatic rings. The van der Waals surface area contributed by atoms with Crippen molar-refractivity contribution in [2.24, 2.45) is 7.05 Å². The fourth-order valence-corrected chi connectivity index (χ4v) is 3.27. The Labute approximate surface area is 154 Å². The fourth-order valence-electron chi connectivity index (χ4n) is 3.27. The summed E-state index contributed by atoms with van der Waals surface area (Å²) in [4.78, 5) is 29.1. The van der Waals surface area contributed by atoms with Gasteiger partial charge in [0.25, 0.3) is 11.8 Å². The normalized spacial score (nSPS) is 14.5. The van der Waals surface area contributed by atoms with Gasteiger partial charge < -0.3 is 19.1 Å². The number of hydrogen-bond donors (Lipinski definition) is 0. The Kier molecular flexibility index (Phi) is 5.02. The highest BCUT2D eigenvalue weighted by Crippen LogP contribution is 2.18. The fraction of sp³-hybridized carbons (Fsp3) is 0.400. The third kappa shape index (κ3) is 3.31. The molecular formula is C20H25N3O3. The van der Waals surface area contributed by atoms with E-state index in [0.29, 0.717) is 31.7 Å². The molecule has 0 radical (unpaired) electrons. The van der Waals surface area contributed by atoms with E-state index in [1.807, 2.05) is 36.4 Å². The van der Waals surface area contributed by atoms with Crippen LogP contribution in [0.15, 0.2) is 30.3 Å². The van der Waals surface area contributed by atoms with Gasteiger partial charge >= 0.3 is 0 Å². The molecule has 1 saturated heterocycles. The summed E-state index contributed by atoms with van der Waals surface area (Å²) in [6.07, 6.45) is 0. The number of piperazine rings is 1. The van der Waals surface area contributed by atoms with Crippen molar-refractivity contribution in [2.45, 2.75) is 13.8 Å². The first-order chi connectivity index (χ1) is 12.4. The quantitative estimate of drug-likeness (QED) is 0.849. The van der Waals surface area contributed by atoms with Crippen LogP contribution in [-0.2, 0) is 7.05 Å².